The van der Waals surface area contributed by atoms with Crippen molar-refractivity contribution in [2.24, 2.45) is 5.11 Å². The van der Waals surface area contributed by atoms with E-state index in [1.165, 1.54) is 27.8 Å². The molecule has 0 aliphatic heterocycles. The predicted molar refractivity (Wildman–Crippen MR) is 78.8 cm³/mol. The molecule has 3 nitrogen and oxygen atoms in total. The summed E-state index contributed by atoms with van der Waals surface area (Å²) in [6.07, 6.45) is 0. The molecule has 0 fully saturated rings. The Balaban J connectivity index is 3.52. The number of hydrogen-bond acceptors (Lipinski definition) is 1. The SMILES string of the molecule is Cc1c(CBr)c(C)c(CN=[N+]=[N-])c(C)c1CBr. The van der Waals surface area contributed by atoms with E-state index in [4.69, 9.17) is 5.53 Å². The Morgan fingerprint density at radius 1 is 0.941 bits per heavy atom. The zero-order chi connectivity index (χ0) is 13.0. The monoisotopic (exact) mass is 359 g/mol. The van der Waals surface area contributed by atoms with Gasteiger partial charge in [0.1, 0.15) is 0 Å². The molecule has 0 spiro atoms. The van der Waals surface area contributed by atoms with Crippen molar-refractivity contribution in [3.8, 4) is 0 Å². The lowest BCUT2D eigenvalue weighted by Gasteiger charge is -2.19. The first kappa shape index (κ1) is 14.6. The third-order valence-corrected chi connectivity index (χ3v) is 4.40. The number of rotatable bonds is 4. The second kappa shape index (κ2) is 6.43. The maximum Gasteiger partial charge on any atom is 0.0516 e. The van der Waals surface area contributed by atoms with Gasteiger partial charge in [-0.15, -0.1) is 0 Å². The summed E-state index contributed by atoms with van der Waals surface area (Å²) in [5.74, 6) is 0. The zero-order valence-electron chi connectivity index (χ0n) is 10.2. The van der Waals surface area contributed by atoms with Gasteiger partial charge in [-0.1, -0.05) is 37.0 Å². The van der Waals surface area contributed by atoms with Crippen LogP contribution >= 0.6 is 31.9 Å². The van der Waals surface area contributed by atoms with E-state index >= 15 is 0 Å². The fourth-order valence-corrected chi connectivity index (χ4v) is 3.81. The first-order valence-electron chi connectivity index (χ1n) is 5.31. The second-order valence-corrected chi connectivity index (χ2v) is 5.09. The summed E-state index contributed by atoms with van der Waals surface area (Å²) in [7, 11) is 0. The van der Waals surface area contributed by atoms with Crippen molar-refractivity contribution in [1.82, 2.24) is 0 Å². The van der Waals surface area contributed by atoms with Crippen molar-refractivity contribution in [2.45, 2.75) is 38.0 Å². The Labute approximate surface area is 118 Å². The minimum atomic E-state index is 0.425. The summed E-state index contributed by atoms with van der Waals surface area (Å²) >= 11 is 7.06. The van der Waals surface area contributed by atoms with Crippen LogP contribution in [0.1, 0.15) is 33.4 Å². The smallest absolute Gasteiger partial charge is 0.0516 e. The van der Waals surface area contributed by atoms with Crippen LogP contribution in [0.15, 0.2) is 5.11 Å². The molecule has 0 atom stereocenters. The molecule has 0 aromatic heterocycles. The quantitative estimate of drug-likeness (QED) is 0.306. The molecule has 0 radical (unpaired) electrons. The molecular formula is C12H15Br2N3. The van der Waals surface area contributed by atoms with Gasteiger partial charge >= 0.3 is 0 Å². The van der Waals surface area contributed by atoms with Crippen LogP contribution in [-0.4, -0.2) is 0 Å². The molecular weight excluding hydrogens is 346 g/mol. The van der Waals surface area contributed by atoms with Gasteiger partial charge in [0.05, 0.1) is 6.54 Å². The molecule has 0 N–H and O–H groups in total. The average molecular weight is 361 g/mol. The van der Waals surface area contributed by atoms with Crippen LogP contribution in [0.4, 0.5) is 0 Å². The van der Waals surface area contributed by atoms with Gasteiger partial charge < -0.3 is 0 Å². The standard InChI is InChI=1S/C12H15Br2N3/c1-7-10(4-13)8(2)12(6-16-17-15)9(3)11(7)5-14/h4-6H2,1-3H3. The topological polar surface area (TPSA) is 48.8 Å². The lowest BCUT2D eigenvalue weighted by molar-refractivity contribution is 0.981. The Kier molecular flexibility index (Phi) is 5.50. The van der Waals surface area contributed by atoms with Gasteiger partial charge in [-0.25, -0.2) is 0 Å². The maximum absolute atomic E-state index is 8.46. The summed E-state index contributed by atoms with van der Waals surface area (Å²) in [5.41, 5.74) is 16.0. The lowest BCUT2D eigenvalue weighted by Crippen LogP contribution is -2.05. The van der Waals surface area contributed by atoms with Crippen molar-refractivity contribution in [1.29, 1.82) is 0 Å². The van der Waals surface area contributed by atoms with Crippen LogP contribution < -0.4 is 0 Å². The number of nitrogens with zero attached hydrogens (tertiary/aromatic N) is 3. The van der Waals surface area contributed by atoms with E-state index in [1.54, 1.807) is 0 Å². The zero-order valence-corrected chi connectivity index (χ0v) is 13.4. The fourth-order valence-electron chi connectivity index (χ4n) is 2.13. The largest absolute Gasteiger partial charge is 0.0893 e. The first-order valence-corrected chi connectivity index (χ1v) is 7.55. The van der Waals surface area contributed by atoms with Crippen molar-refractivity contribution in [3.63, 3.8) is 0 Å². The average Bonchev–Trinajstić information content (AvgIpc) is 2.30. The van der Waals surface area contributed by atoms with E-state index < -0.39 is 0 Å². The van der Waals surface area contributed by atoms with Gasteiger partial charge in [0.2, 0.25) is 0 Å². The van der Waals surface area contributed by atoms with Crippen LogP contribution in [-0.2, 0) is 17.2 Å². The van der Waals surface area contributed by atoms with Crippen molar-refractivity contribution < 1.29 is 0 Å². The first-order chi connectivity index (χ1) is 8.08. The van der Waals surface area contributed by atoms with Crippen molar-refractivity contribution >= 4 is 31.9 Å². The molecule has 0 heterocycles. The molecule has 0 amide bonds. The highest BCUT2D eigenvalue weighted by molar-refractivity contribution is 9.08. The summed E-state index contributed by atoms with van der Waals surface area (Å²) < 4.78 is 0. The molecule has 1 rings (SSSR count). The molecule has 92 valence electrons. The van der Waals surface area contributed by atoms with E-state index in [0.29, 0.717) is 6.54 Å². The third kappa shape index (κ3) is 2.84. The van der Waals surface area contributed by atoms with E-state index in [0.717, 1.165) is 16.2 Å². The minimum absolute atomic E-state index is 0.425. The van der Waals surface area contributed by atoms with Crippen LogP contribution in [0.2, 0.25) is 0 Å². The predicted octanol–water partition coefficient (Wildman–Crippen LogP) is 5.21. The molecule has 1 aromatic rings. The number of alkyl halides is 2. The molecule has 0 unspecified atom stereocenters. The van der Waals surface area contributed by atoms with Crippen LogP contribution in [0.3, 0.4) is 0 Å². The highest BCUT2D eigenvalue weighted by Crippen LogP contribution is 2.30. The van der Waals surface area contributed by atoms with Crippen molar-refractivity contribution in [3.05, 3.63) is 43.8 Å². The summed E-state index contributed by atoms with van der Waals surface area (Å²) in [4.78, 5) is 2.85. The number of halogens is 2. The van der Waals surface area contributed by atoms with Gasteiger partial charge in [-0.2, -0.15) is 0 Å². The minimum Gasteiger partial charge on any atom is -0.0893 e. The molecule has 0 aliphatic rings. The molecule has 1 aromatic carbocycles. The lowest BCUT2D eigenvalue weighted by atomic mass is 9.90. The molecule has 0 bridgehead atoms. The summed E-state index contributed by atoms with van der Waals surface area (Å²) in [5, 5.41) is 5.35. The maximum atomic E-state index is 8.46. The highest BCUT2D eigenvalue weighted by atomic mass is 79.9. The van der Waals surface area contributed by atoms with Crippen LogP contribution in [0.25, 0.3) is 10.4 Å². The third-order valence-electron chi connectivity index (χ3n) is 3.28. The van der Waals surface area contributed by atoms with Crippen LogP contribution in [0, 0.1) is 20.8 Å². The van der Waals surface area contributed by atoms with Gasteiger partial charge in [0.25, 0.3) is 0 Å². The van der Waals surface area contributed by atoms with Crippen molar-refractivity contribution in [2.75, 3.05) is 0 Å². The van der Waals surface area contributed by atoms with Gasteiger partial charge in [-0.3, -0.25) is 0 Å². The Morgan fingerprint density at radius 3 is 1.71 bits per heavy atom. The fraction of sp³-hybridized carbons (Fsp3) is 0.500. The normalized spacial score (nSPS) is 10.2. The number of azide groups is 1. The van der Waals surface area contributed by atoms with E-state index in [-0.39, 0.29) is 0 Å². The summed E-state index contributed by atoms with van der Waals surface area (Å²) in [6, 6.07) is 0. The molecule has 17 heavy (non-hydrogen) atoms. The molecule has 0 aliphatic carbocycles. The molecule has 0 saturated heterocycles. The summed E-state index contributed by atoms with van der Waals surface area (Å²) in [6.45, 7) is 6.76. The molecule has 0 saturated carbocycles. The Morgan fingerprint density at radius 2 is 1.35 bits per heavy atom. The van der Waals surface area contributed by atoms with E-state index in [1.807, 2.05) is 0 Å². The Hall–Kier alpha value is -0.510. The van der Waals surface area contributed by atoms with Gasteiger partial charge in [-0.05, 0) is 59.7 Å². The highest BCUT2D eigenvalue weighted by Gasteiger charge is 2.14. The van der Waals surface area contributed by atoms with Gasteiger partial charge in [0.15, 0.2) is 0 Å². The number of hydrogen-bond donors (Lipinski definition) is 0. The van der Waals surface area contributed by atoms with Crippen LogP contribution in [0.5, 0.6) is 0 Å². The van der Waals surface area contributed by atoms with Gasteiger partial charge in [0, 0.05) is 15.6 Å². The Bertz CT molecular complexity index is 446. The van der Waals surface area contributed by atoms with E-state index in [2.05, 4.69) is 62.7 Å². The van der Waals surface area contributed by atoms with E-state index in [9.17, 15) is 0 Å². The molecule has 5 heteroatoms. The second-order valence-electron chi connectivity index (χ2n) is 3.97. The number of benzene rings is 1.